The monoisotopic (exact) mass is 447 g/mol. The first-order valence-corrected chi connectivity index (χ1v) is 12.0. The number of unbranched alkanes of at least 4 members (excludes halogenated alkanes) is 3. The summed E-state index contributed by atoms with van der Waals surface area (Å²) in [6, 6.07) is 19.5. The lowest BCUT2D eigenvalue weighted by Gasteiger charge is -2.18. The fourth-order valence-electron chi connectivity index (χ4n) is 3.80. The second-order valence-corrected chi connectivity index (χ2v) is 8.77. The molecule has 1 heterocycles. The molecule has 33 heavy (non-hydrogen) atoms. The van der Waals surface area contributed by atoms with Crippen molar-refractivity contribution in [1.29, 1.82) is 0 Å². The molecule has 0 aliphatic heterocycles. The van der Waals surface area contributed by atoms with Gasteiger partial charge in [0.15, 0.2) is 0 Å². The van der Waals surface area contributed by atoms with Crippen LogP contribution < -0.4 is 4.74 Å². The first-order chi connectivity index (χ1) is 15.9. The van der Waals surface area contributed by atoms with Gasteiger partial charge < -0.3 is 4.74 Å². The molecule has 3 nitrogen and oxygen atoms in total. The van der Waals surface area contributed by atoms with Crippen molar-refractivity contribution in [1.82, 2.24) is 4.98 Å². The summed E-state index contributed by atoms with van der Waals surface area (Å²) in [6.07, 6.45) is 8.05. The first kappa shape index (κ1) is 24.6. The Bertz CT molecular complexity index is 1030. The normalized spacial score (nSPS) is 12.8. The molecule has 0 spiro atoms. The molecule has 0 amide bonds. The van der Waals surface area contributed by atoms with Gasteiger partial charge in [-0.25, -0.2) is 9.18 Å². The van der Waals surface area contributed by atoms with Gasteiger partial charge in [0.2, 0.25) is 5.67 Å². The van der Waals surface area contributed by atoms with Gasteiger partial charge in [-0.2, -0.15) is 0 Å². The van der Waals surface area contributed by atoms with E-state index >= 15 is 0 Å². The molecule has 0 N–H and O–H groups in total. The molecule has 4 heteroatoms. The van der Waals surface area contributed by atoms with Crippen molar-refractivity contribution < 1.29 is 13.9 Å². The van der Waals surface area contributed by atoms with E-state index in [9.17, 15) is 9.18 Å². The van der Waals surface area contributed by atoms with Gasteiger partial charge in [-0.05, 0) is 67.5 Å². The molecular formula is C29H34FNO2. The zero-order chi connectivity index (χ0) is 23.7. The molecule has 0 fully saturated rings. The number of rotatable bonds is 11. The minimum absolute atomic E-state index is 0.176. The lowest BCUT2D eigenvalue weighted by atomic mass is 9.97. The molecule has 2 aromatic carbocycles. The average molecular weight is 448 g/mol. The molecule has 1 unspecified atom stereocenters. The Morgan fingerprint density at radius 2 is 1.61 bits per heavy atom. The van der Waals surface area contributed by atoms with Crippen molar-refractivity contribution >= 4 is 5.97 Å². The van der Waals surface area contributed by atoms with Crippen molar-refractivity contribution in [2.45, 2.75) is 71.4 Å². The number of hydrogen-bond acceptors (Lipinski definition) is 3. The molecule has 0 bridgehead atoms. The lowest BCUT2D eigenvalue weighted by Crippen LogP contribution is -2.34. The van der Waals surface area contributed by atoms with E-state index in [4.69, 9.17) is 9.72 Å². The van der Waals surface area contributed by atoms with Gasteiger partial charge in [0, 0.05) is 11.8 Å². The van der Waals surface area contributed by atoms with E-state index in [-0.39, 0.29) is 6.42 Å². The smallest absolute Gasteiger partial charge is 0.348 e. The van der Waals surface area contributed by atoms with E-state index in [1.165, 1.54) is 18.9 Å². The number of alkyl halides is 1. The maximum atomic E-state index is 14.7. The summed E-state index contributed by atoms with van der Waals surface area (Å²) < 4.78 is 20.0. The summed E-state index contributed by atoms with van der Waals surface area (Å²) >= 11 is 0. The fraction of sp³-hybridized carbons (Fsp3) is 0.379. The highest BCUT2D eigenvalue weighted by atomic mass is 19.1. The van der Waals surface area contributed by atoms with Crippen LogP contribution in [-0.4, -0.2) is 16.6 Å². The largest absolute Gasteiger partial charge is 0.424 e. The zero-order valence-electron chi connectivity index (χ0n) is 19.9. The van der Waals surface area contributed by atoms with Crippen LogP contribution in [0.1, 0.15) is 64.9 Å². The number of aromatic nitrogens is 1. The van der Waals surface area contributed by atoms with Crippen LogP contribution in [0.4, 0.5) is 4.39 Å². The van der Waals surface area contributed by atoms with Crippen LogP contribution in [0.5, 0.6) is 5.75 Å². The summed E-state index contributed by atoms with van der Waals surface area (Å²) in [7, 11) is 0. The number of halogens is 1. The Balaban J connectivity index is 1.74. The number of nitrogens with zero attached hydrogens (tertiary/aromatic N) is 1. The summed E-state index contributed by atoms with van der Waals surface area (Å²) in [6.45, 7) is 5.54. The Hall–Kier alpha value is -3.01. The summed E-state index contributed by atoms with van der Waals surface area (Å²) in [4.78, 5) is 17.0. The van der Waals surface area contributed by atoms with Crippen LogP contribution in [0.3, 0.4) is 0 Å². The number of pyridine rings is 1. The number of hydrogen-bond donors (Lipinski definition) is 0. The third-order valence-corrected chi connectivity index (χ3v) is 5.90. The van der Waals surface area contributed by atoms with Gasteiger partial charge in [-0.3, -0.25) is 4.98 Å². The molecule has 3 aromatic rings. The average Bonchev–Trinajstić information content (AvgIpc) is 2.83. The van der Waals surface area contributed by atoms with Gasteiger partial charge in [-0.1, -0.05) is 75.6 Å². The highest BCUT2D eigenvalue weighted by Gasteiger charge is 2.34. The fourth-order valence-corrected chi connectivity index (χ4v) is 3.80. The van der Waals surface area contributed by atoms with Crippen LogP contribution in [0.2, 0.25) is 0 Å². The van der Waals surface area contributed by atoms with E-state index in [1.54, 1.807) is 12.1 Å². The minimum Gasteiger partial charge on any atom is -0.424 e. The summed E-state index contributed by atoms with van der Waals surface area (Å²) in [5, 5.41) is 0. The van der Waals surface area contributed by atoms with Crippen molar-refractivity contribution in [3.8, 4) is 28.1 Å². The van der Waals surface area contributed by atoms with Crippen molar-refractivity contribution in [2.24, 2.45) is 0 Å². The first-order valence-electron chi connectivity index (χ1n) is 12.0. The third kappa shape index (κ3) is 6.74. The van der Waals surface area contributed by atoms with Crippen LogP contribution in [-0.2, 0) is 11.2 Å². The quantitative estimate of drug-likeness (QED) is 0.170. The van der Waals surface area contributed by atoms with E-state index in [2.05, 4.69) is 31.2 Å². The molecule has 0 saturated heterocycles. The molecule has 1 atom stereocenters. The van der Waals surface area contributed by atoms with Gasteiger partial charge in [0.05, 0.1) is 5.69 Å². The standard InChI is InChI=1S/C29H34FNO2/c1-4-6-10-20-29(3,30)28(32)33-24-17-15-23(16-18-24)25-12-8-9-13-26(25)27-19-14-22(21-31-27)11-7-5-2/h8-9,12-19,21H,4-7,10-11,20H2,1-3H3. The van der Waals surface area contributed by atoms with E-state index in [0.717, 1.165) is 48.1 Å². The number of aryl methyl sites for hydroxylation is 1. The highest BCUT2D eigenvalue weighted by molar-refractivity contribution is 5.83. The second kappa shape index (κ2) is 11.7. The topological polar surface area (TPSA) is 39.2 Å². The summed E-state index contributed by atoms with van der Waals surface area (Å²) in [5.74, 6) is -0.488. The van der Waals surface area contributed by atoms with Crippen molar-refractivity contribution in [3.63, 3.8) is 0 Å². The van der Waals surface area contributed by atoms with E-state index in [0.29, 0.717) is 12.2 Å². The van der Waals surface area contributed by atoms with Gasteiger partial charge in [0.25, 0.3) is 0 Å². The van der Waals surface area contributed by atoms with Crippen LogP contribution in [0.15, 0.2) is 66.9 Å². The van der Waals surface area contributed by atoms with Gasteiger partial charge in [-0.15, -0.1) is 0 Å². The van der Waals surface area contributed by atoms with Crippen molar-refractivity contribution in [3.05, 3.63) is 72.4 Å². The SMILES string of the molecule is CCCCCC(C)(F)C(=O)Oc1ccc(-c2ccccc2-c2ccc(CCCC)cn2)cc1. The molecule has 1 aromatic heterocycles. The molecule has 0 aliphatic rings. The molecular weight excluding hydrogens is 413 g/mol. The number of benzene rings is 2. The molecule has 174 valence electrons. The van der Waals surface area contributed by atoms with Gasteiger partial charge >= 0.3 is 5.97 Å². The number of esters is 1. The third-order valence-electron chi connectivity index (χ3n) is 5.90. The zero-order valence-corrected chi connectivity index (χ0v) is 19.9. The van der Waals surface area contributed by atoms with E-state index in [1.807, 2.05) is 37.4 Å². The predicted octanol–water partition coefficient (Wildman–Crippen LogP) is 7.97. The Morgan fingerprint density at radius 3 is 2.24 bits per heavy atom. The number of carbonyl (C=O) groups is 1. The Kier molecular flexibility index (Phi) is 8.76. The maximum absolute atomic E-state index is 14.7. The maximum Gasteiger partial charge on any atom is 0.348 e. The highest BCUT2D eigenvalue weighted by Crippen LogP contribution is 2.32. The lowest BCUT2D eigenvalue weighted by molar-refractivity contribution is -0.147. The van der Waals surface area contributed by atoms with Crippen molar-refractivity contribution in [2.75, 3.05) is 0 Å². The summed E-state index contributed by atoms with van der Waals surface area (Å²) in [5.41, 5.74) is 3.25. The van der Waals surface area contributed by atoms with Gasteiger partial charge in [0.1, 0.15) is 5.75 Å². The number of carbonyl (C=O) groups excluding carboxylic acids is 1. The Morgan fingerprint density at radius 1 is 0.909 bits per heavy atom. The molecule has 0 radical (unpaired) electrons. The second-order valence-electron chi connectivity index (χ2n) is 8.77. The number of ether oxygens (including phenoxy) is 1. The molecule has 0 aliphatic carbocycles. The van der Waals surface area contributed by atoms with Crippen LogP contribution >= 0.6 is 0 Å². The van der Waals surface area contributed by atoms with Crippen LogP contribution in [0, 0.1) is 0 Å². The minimum atomic E-state index is -1.98. The predicted molar refractivity (Wildman–Crippen MR) is 133 cm³/mol. The molecule has 0 saturated carbocycles. The Labute approximate surface area is 197 Å². The van der Waals surface area contributed by atoms with E-state index < -0.39 is 11.6 Å². The van der Waals surface area contributed by atoms with Crippen LogP contribution in [0.25, 0.3) is 22.4 Å². The molecule has 3 rings (SSSR count).